The number of anilines is 1. The molecule has 2 rings (SSSR count). The average Bonchev–Trinajstić information content (AvgIpc) is 2.84. The topological polar surface area (TPSA) is 89.2 Å². The van der Waals surface area contributed by atoms with Gasteiger partial charge in [0.15, 0.2) is 0 Å². The van der Waals surface area contributed by atoms with Crippen molar-refractivity contribution in [3.05, 3.63) is 35.9 Å². The maximum Gasteiger partial charge on any atom is 0.272 e. The maximum absolute atomic E-state index is 12.6. The van der Waals surface area contributed by atoms with Crippen LogP contribution in [0.25, 0.3) is 0 Å². The molecule has 1 aromatic heterocycles. The fourth-order valence-corrected chi connectivity index (χ4v) is 4.26. The third-order valence-electron chi connectivity index (χ3n) is 2.71. The van der Waals surface area contributed by atoms with Crippen molar-refractivity contribution in [2.24, 2.45) is 0 Å². The van der Waals surface area contributed by atoms with Crippen LogP contribution in [0.1, 0.15) is 19.4 Å². The van der Waals surface area contributed by atoms with Crippen LogP contribution >= 0.6 is 11.3 Å². The number of nitrogens with zero attached hydrogens (tertiary/aromatic N) is 3. The van der Waals surface area contributed by atoms with Crippen molar-refractivity contribution in [3.8, 4) is 0 Å². The zero-order valence-electron chi connectivity index (χ0n) is 11.2. The van der Waals surface area contributed by atoms with Crippen molar-refractivity contribution in [3.63, 3.8) is 0 Å². The van der Waals surface area contributed by atoms with Gasteiger partial charge in [0.25, 0.3) is 10.0 Å². The second-order valence-electron chi connectivity index (χ2n) is 4.54. The van der Waals surface area contributed by atoms with Crippen molar-refractivity contribution < 1.29 is 8.42 Å². The Morgan fingerprint density at radius 3 is 2.40 bits per heavy atom. The Labute approximate surface area is 122 Å². The van der Waals surface area contributed by atoms with Gasteiger partial charge in [0, 0.05) is 12.6 Å². The quantitative estimate of drug-likeness (QED) is 0.908. The predicted octanol–water partition coefficient (Wildman–Crippen LogP) is 1.72. The molecule has 1 aromatic carbocycles. The highest BCUT2D eigenvalue weighted by atomic mass is 32.2. The number of hydrogen-bond acceptors (Lipinski definition) is 6. The number of benzene rings is 1. The van der Waals surface area contributed by atoms with E-state index in [1.807, 2.05) is 44.2 Å². The molecule has 0 saturated carbocycles. The predicted molar refractivity (Wildman–Crippen MR) is 78.6 cm³/mol. The first-order valence-corrected chi connectivity index (χ1v) is 8.31. The standard InChI is InChI=1S/C12H16N4O2S2/c1-9(2)16(8-10-6-4-3-5-7-10)20(17,18)12-15-14-11(13)19-12/h3-7,9H,8H2,1-2H3,(H2,13,14). The first-order valence-electron chi connectivity index (χ1n) is 6.06. The van der Waals surface area contributed by atoms with E-state index in [1.54, 1.807) is 0 Å². The average molecular weight is 312 g/mol. The summed E-state index contributed by atoms with van der Waals surface area (Å²) in [6.45, 7) is 3.94. The molecule has 8 heteroatoms. The van der Waals surface area contributed by atoms with Gasteiger partial charge < -0.3 is 5.73 Å². The van der Waals surface area contributed by atoms with Crippen molar-refractivity contribution in [2.75, 3.05) is 5.73 Å². The molecule has 0 unspecified atom stereocenters. The Morgan fingerprint density at radius 2 is 1.90 bits per heavy atom. The second kappa shape index (κ2) is 5.86. The van der Waals surface area contributed by atoms with Gasteiger partial charge in [0.05, 0.1) is 0 Å². The highest BCUT2D eigenvalue weighted by molar-refractivity contribution is 7.91. The lowest BCUT2D eigenvalue weighted by molar-refractivity contribution is 0.347. The molecule has 6 nitrogen and oxygen atoms in total. The highest BCUT2D eigenvalue weighted by Crippen LogP contribution is 2.24. The van der Waals surface area contributed by atoms with Crippen LogP contribution in [0.5, 0.6) is 0 Å². The molecule has 0 aliphatic rings. The maximum atomic E-state index is 12.6. The molecule has 0 bridgehead atoms. The van der Waals surface area contributed by atoms with E-state index < -0.39 is 10.0 Å². The van der Waals surface area contributed by atoms with Crippen LogP contribution in [0.15, 0.2) is 34.7 Å². The molecule has 0 spiro atoms. The van der Waals surface area contributed by atoms with Crippen LogP contribution in [0, 0.1) is 0 Å². The summed E-state index contributed by atoms with van der Waals surface area (Å²) in [7, 11) is -3.68. The molecular formula is C12H16N4O2S2. The molecule has 0 radical (unpaired) electrons. The Balaban J connectivity index is 2.33. The van der Waals surface area contributed by atoms with Gasteiger partial charge >= 0.3 is 0 Å². The van der Waals surface area contributed by atoms with Gasteiger partial charge in [0.1, 0.15) is 0 Å². The van der Waals surface area contributed by atoms with E-state index in [-0.39, 0.29) is 15.5 Å². The lowest BCUT2D eigenvalue weighted by Gasteiger charge is -2.24. The van der Waals surface area contributed by atoms with Gasteiger partial charge in [-0.15, -0.1) is 10.2 Å². The zero-order chi connectivity index (χ0) is 14.8. The van der Waals surface area contributed by atoms with Crippen molar-refractivity contribution in [2.45, 2.75) is 30.8 Å². The fraction of sp³-hybridized carbons (Fsp3) is 0.333. The summed E-state index contributed by atoms with van der Waals surface area (Å²) >= 11 is 0.877. The largest absolute Gasteiger partial charge is 0.374 e. The fourth-order valence-electron chi connectivity index (χ4n) is 1.73. The molecule has 2 aromatic rings. The van der Waals surface area contributed by atoms with E-state index in [9.17, 15) is 8.42 Å². The van der Waals surface area contributed by atoms with Gasteiger partial charge in [0.2, 0.25) is 9.47 Å². The van der Waals surface area contributed by atoms with Crippen molar-refractivity contribution in [1.82, 2.24) is 14.5 Å². The zero-order valence-corrected chi connectivity index (χ0v) is 12.9. The monoisotopic (exact) mass is 312 g/mol. The lowest BCUT2D eigenvalue weighted by atomic mass is 10.2. The van der Waals surface area contributed by atoms with Gasteiger partial charge in [-0.3, -0.25) is 0 Å². The molecule has 0 atom stereocenters. The highest BCUT2D eigenvalue weighted by Gasteiger charge is 2.30. The summed E-state index contributed by atoms with van der Waals surface area (Å²) in [6, 6.07) is 9.24. The van der Waals surface area contributed by atoms with Crippen LogP contribution in [-0.4, -0.2) is 29.0 Å². The summed E-state index contributed by atoms with van der Waals surface area (Å²) < 4.78 is 26.5. The normalized spacial score (nSPS) is 12.2. The third kappa shape index (κ3) is 3.14. The number of sulfonamides is 1. The Hall–Kier alpha value is -1.51. The summed E-state index contributed by atoms with van der Waals surface area (Å²) in [5.41, 5.74) is 6.38. The second-order valence-corrected chi connectivity index (χ2v) is 7.61. The number of nitrogen functional groups attached to an aromatic ring is 1. The summed E-state index contributed by atoms with van der Waals surface area (Å²) in [6.07, 6.45) is 0. The summed E-state index contributed by atoms with van der Waals surface area (Å²) in [4.78, 5) is 0. The minimum Gasteiger partial charge on any atom is -0.374 e. The summed E-state index contributed by atoms with van der Waals surface area (Å²) in [5, 5.41) is 7.36. The minimum atomic E-state index is -3.68. The Kier molecular flexibility index (Phi) is 4.36. The molecule has 20 heavy (non-hydrogen) atoms. The van der Waals surface area contributed by atoms with Crippen LogP contribution < -0.4 is 5.73 Å². The van der Waals surface area contributed by atoms with E-state index in [0.29, 0.717) is 6.54 Å². The van der Waals surface area contributed by atoms with E-state index >= 15 is 0 Å². The molecule has 0 fully saturated rings. The molecule has 0 amide bonds. The molecule has 0 aliphatic heterocycles. The van der Waals surface area contributed by atoms with E-state index in [2.05, 4.69) is 10.2 Å². The first kappa shape index (κ1) is 14.9. The Bertz CT molecular complexity index is 668. The molecule has 0 aliphatic carbocycles. The first-order chi connectivity index (χ1) is 9.41. The lowest BCUT2D eigenvalue weighted by Crippen LogP contribution is -2.36. The SMILES string of the molecule is CC(C)N(Cc1ccccc1)S(=O)(=O)c1nnc(N)s1. The molecule has 2 N–H and O–H groups in total. The van der Waals surface area contributed by atoms with Gasteiger partial charge in [-0.1, -0.05) is 41.7 Å². The van der Waals surface area contributed by atoms with Crippen LogP contribution in [-0.2, 0) is 16.6 Å². The summed E-state index contributed by atoms with van der Waals surface area (Å²) in [5.74, 6) is 0. The van der Waals surface area contributed by atoms with Gasteiger partial charge in [-0.05, 0) is 19.4 Å². The van der Waals surface area contributed by atoms with Crippen LogP contribution in [0.3, 0.4) is 0 Å². The number of aromatic nitrogens is 2. The smallest absolute Gasteiger partial charge is 0.272 e. The Morgan fingerprint density at radius 1 is 1.25 bits per heavy atom. The van der Waals surface area contributed by atoms with E-state index in [4.69, 9.17) is 5.73 Å². The van der Waals surface area contributed by atoms with Crippen LogP contribution in [0.4, 0.5) is 5.13 Å². The van der Waals surface area contributed by atoms with Gasteiger partial charge in [-0.2, -0.15) is 4.31 Å². The van der Waals surface area contributed by atoms with E-state index in [0.717, 1.165) is 16.9 Å². The minimum absolute atomic E-state index is 0.0698. The molecule has 108 valence electrons. The third-order valence-corrected chi connectivity index (χ3v) is 5.83. The van der Waals surface area contributed by atoms with Gasteiger partial charge in [-0.25, -0.2) is 8.42 Å². The van der Waals surface area contributed by atoms with Crippen molar-refractivity contribution >= 4 is 26.5 Å². The molecule has 1 heterocycles. The van der Waals surface area contributed by atoms with E-state index in [1.165, 1.54) is 4.31 Å². The molecular weight excluding hydrogens is 296 g/mol. The van der Waals surface area contributed by atoms with Crippen molar-refractivity contribution in [1.29, 1.82) is 0 Å². The molecule has 0 saturated heterocycles. The number of nitrogens with two attached hydrogens (primary N) is 1. The number of rotatable bonds is 5. The number of hydrogen-bond donors (Lipinski definition) is 1. The van der Waals surface area contributed by atoms with Crippen LogP contribution in [0.2, 0.25) is 0 Å².